The molecule has 0 spiro atoms. The van der Waals surface area contributed by atoms with E-state index in [-0.39, 0.29) is 6.54 Å². The van der Waals surface area contributed by atoms with Gasteiger partial charge in [0, 0.05) is 12.1 Å². The van der Waals surface area contributed by atoms with E-state index in [1.54, 1.807) is 6.92 Å². The van der Waals surface area contributed by atoms with Gasteiger partial charge in [0.15, 0.2) is 0 Å². The highest BCUT2D eigenvalue weighted by Crippen LogP contribution is 2.21. The van der Waals surface area contributed by atoms with Gasteiger partial charge < -0.3 is 9.73 Å². The van der Waals surface area contributed by atoms with Gasteiger partial charge in [0.1, 0.15) is 11.5 Å². The Bertz CT molecular complexity index is 402. The van der Waals surface area contributed by atoms with Crippen LogP contribution in [0.2, 0.25) is 0 Å². The molecule has 3 nitrogen and oxygen atoms in total. The van der Waals surface area contributed by atoms with Crippen molar-refractivity contribution >= 4 is 0 Å². The molecule has 0 saturated carbocycles. The number of hydrogen-bond donors (Lipinski definition) is 1. The highest BCUT2D eigenvalue weighted by molar-refractivity contribution is 5.20. The lowest BCUT2D eigenvalue weighted by Gasteiger charge is -2.22. The summed E-state index contributed by atoms with van der Waals surface area (Å²) in [7, 11) is 0. The summed E-state index contributed by atoms with van der Waals surface area (Å²) in [6, 6.07) is 1.84. The van der Waals surface area contributed by atoms with Crippen molar-refractivity contribution in [1.82, 2.24) is 10.2 Å². The number of halogens is 3. The SMILES string of the molecule is CCCN(Cc1cc(CNCC)oc1C)CC(F)(F)F. The number of aryl methyl sites for hydroxylation is 1. The van der Waals surface area contributed by atoms with E-state index in [2.05, 4.69) is 5.32 Å². The van der Waals surface area contributed by atoms with Crippen LogP contribution in [0.25, 0.3) is 0 Å². The monoisotopic (exact) mass is 292 g/mol. The topological polar surface area (TPSA) is 28.4 Å². The molecule has 0 bridgehead atoms. The van der Waals surface area contributed by atoms with Crippen LogP contribution in [0, 0.1) is 6.92 Å². The van der Waals surface area contributed by atoms with Gasteiger partial charge in [0.25, 0.3) is 0 Å². The molecule has 0 unspecified atom stereocenters. The van der Waals surface area contributed by atoms with Crippen LogP contribution in [0.1, 0.15) is 37.4 Å². The maximum absolute atomic E-state index is 12.5. The van der Waals surface area contributed by atoms with Gasteiger partial charge in [-0.1, -0.05) is 13.8 Å². The Morgan fingerprint density at radius 3 is 2.55 bits per heavy atom. The summed E-state index contributed by atoms with van der Waals surface area (Å²) < 4.78 is 43.1. The third-order valence-corrected chi connectivity index (χ3v) is 2.96. The molecule has 20 heavy (non-hydrogen) atoms. The van der Waals surface area contributed by atoms with Gasteiger partial charge in [0.2, 0.25) is 0 Å². The molecule has 0 aliphatic rings. The summed E-state index contributed by atoms with van der Waals surface area (Å²) in [5.41, 5.74) is 0.829. The van der Waals surface area contributed by atoms with E-state index in [0.29, 0.717) is 25.3 Å². The summed E-state index contributed by atoms with van der Waals surface area (Å²) in [5, 5.41) is 3.13. The minimum absolute atomic E-state index is 0.273. The molecular formula is C14H23F3N2O. The maximum atomic E-state index is 12.5. The number of nitrogens with one attached hydrogen (secondary N) is 1. The Balaban J connectivity index is 2.70. The molecule has 1 N–H and O–H groups in total. The first kappa shape index (κ1) is 17.0. The second-order valence-corrected chi connectivity index (χ2v) is 4.90. The molecule has 0 fully saturated rings. The molecule has 1 rings (SSSR count). The fourth-order valence-electron chi connectivity index (χ4n) is 2.10. The van der Waals surface area contributed by atoms with Gasteiger partial charge in [0.05, 0.1) is 13.1 Å². The Morgan fingerprint density at radius 1 is 1.30 bits per heavy atom. The van der Waals surface area contributed by atoms with Crippen LogP contribution in [-0.4, -0.2) is 30.7 Å². The van der Waals surface area contributed by atoms with Crippen molar-refractivity contribution in [2.75, 3.05) is 19.6 Å². The van der Waals surface area contributed by atoms with E-state index in [9.17, 15) is 13.2 Å². The second-order valence-electron chi connectivity index (χ2n) is 4.90. The first-order valence-electron chi connectivity index (χ1n) is 6.93. The van der Waals surface area contributed by atoms with E-state index < -0.39 is 12.7 Å². The van der Waals surface area contributed by atoms with Crippen molar-refractivity contribution in [2.24, 2.45) is 0 Å². The summed E-state index contributed by atoms with van der Waals surface area (Å²) in [6.07, 6.45) is -3.48. The van der Waals surface area contributed by atoms with Crippen molar-refractivity contribution in [2.45, 2.75) is 46.5 Å². The largest absolute Gasteiger partial charge is 0.465 e. The fraction of sp³-hybridized carbons (Fsp3) is 0.714. The van der Waals surface area contributed by atoms with Gasteiger partial charge in [-0.2, -0.15) is 13.2 Å². The van der Waals surface area contributed by atoms with Crippen LogP contribution >= 0.6 is 0 Å². The Morgan fingerprint density at radius 2 is 2.00 bits per heavy atom. The van der Waals surface area contributed by atoms with Crippen LogP contribution in [0.3, 0.4) is 0 Å². The summed E-state index contributed by atoms with van der Waals surface area (Å²) in [4.78, 5) is 1.41. The van der Waals surface area contributed by atoms with Crippen molar-refractivity contribution in [3.8, 4) is 0 Å². The smallest absolute Gasteiger partial charge is 0.401 e. The third-order valence-electron chi connectivity index (χ3n) is 2.96. The minimum atomic E-state index is -4.17. The molecule has 0 atom stereocenters. The molecule has 1 heterocycles. The quantitative estimate of drug-likeness (QED) is 0.795. The van der Waals surface area contributed by atoms with E-state index >= 15 is 0 Å². The van der Waals surface area contributed by atoms with Crippen molar-refractivity contribution in [1.29, 1.82) is 0 Å². The zero-order chi connectivity index (χ0) is 15.2. The molecule has 0 aliphatic heterocycles. The lowest BCUT2D eigenvalue weighted by molar-refractivity contribution is -0.147. The normalized spacial score (nSPS) is 12.3. The zero-order valence-corrected chi connectivity index (χ0v) is 12.3. The lowest BCUT2D eigenvalue weighted by Crippen LogP contribution is -2.34. The van der Waals surface area contributed by atoms with Gasteiger partial charge in [-0.05, 0) is 32.5 Å². The Labute approximate surface area is 118 Å². The maximum Gasteiger partial charge on any atom is 0.401 e. The summed E-state index contributed by atoms with van der Waals surface area (Å²) in [5.74, 6) is 1.46. The molecule has 1 aromatic heterocycles. The number of hydrogen-bond acceptors (Lipinski definition) is 3. The Kier molecular flexibility index (Phi) is 6.55. The van der Waals surface area contributed by atoms with E-state index in [4.69, 9.17) is 4.42 Å². The Hall–Kier alpha value is -1.01. The highest BCUT2D eigenvalue weighted by Gasteiger charge is 2.30. The van der Waals surface area contributed by atoms with Crippen LogP contribution in [0.15, 0.2) is 10.5 Å². The average molecular weight is 292 g/mol. The van der Waals surface area contributed by atoms with Gasteiger partial charge in [-0.15, -0.1) is 0 Å². The van der Waals surface area contributed by atoms with E-state index in [1.165, 1.54) is 4.90 Å². The summed E-state index contributed by atoms with van der Waals surface area (Å²) >= 11 is 0. The standard InChI is InChI=1S/C14H23F3N2O/c1-4-6-19(10-14(15,16)17)9-12-7-13(8-18-5-2)20-11(12)3/h7,18H,4-6,8-10H2,1-3H3. The van der Waals surface area contributed by atoms with Crippen LogP contribution in [0.5, 0.6) is 0 Å². The van der Waals surface area contributed by atoms with E-state index in [1.807, 2.05) is 19.9 Å². The molecule has 0 aliphatic carbocycles. The molecule has 0 aromatic carbocycles. The number of nitrogens with zero attached hydrogens (tertiary/aromatic N) is 1. The van der Waals surface area contributed by atoms with Crippen molar-refractivity contribution < 1.29 is 17.6 Å². The van der Waals surface area contributed by atoms with Crippen LogP contribution < -0.4 is 5.32 Å². The molecule has 0 amide bonds. The predicted molar refractivity (Wildman–Crippen MR) is 72.4 cm³/mol. The number of rotatable bonds is 8. The predicted octanol–water partition coefficient (Wildman–Crippen LogP) is 3.47. The first-order valence-corrected chi connectivity index (χ1v) is 6.93. The first-order chi connectivity index (χ1) is 9.35. The second kappa shape index (κ2) is 7.69. The molecule has 0 radical (unpaired) electrons. The number of furan rings is 1. The average Bonchev–Trinajstić information content (AvgIpc) is 2.66. The van der Waals surface area contributed by atoms with Crippen LogP contribution in [-0.2, 0) is 13.1 Å². The minimum Gasteiger partial charge on any atom is -0.465 e. The zero-order valence-electron chi connectivity index (χ0n) is 12.3. The van der Waals surface area contributed by atoms with Gasteiger partial charge in [-0.3, -0.25) is 4.90 Å². The molecule has 6 heteroatoms. The van der Waals surface area contributed by atoms with Crippen molar-refractivity contribution in [3.05, 3.63) is 23.2 Å². The molecular weight excluding hydrogens is 269 g/mol. The third kappa shape index (κ3) is 5.96. The molecule has 116 valence electrons. The highest BCUT2D eigenvalue weighted by atomic mass is 19.4. The van der Waals surface area contributed by atoms with Crippen molar-refractivity contribution in [3.63, 3.8) is 0 Å². The fourth-order valence-corrected chi connectivity index (χ4v) is 2.10. The van der Waals surface area contributed by atoms with E-state index in [0.717, 1.165) is 17.9 Å². The summed E-state index contributed by atoms with van der Waals surface area (Å²) in [6.45, 7) is 6.90. The van der Waals surface area contributed by atoms with Gasteiger partial charge >= 0.3 is 6.18 Å². The van der Waals surface area contributed by atoms with Crippen LogP contribution in [0.4, 0.5) is 13.2 Å². The molecule has 1 aromatic rings. The lowest BCUT2D eigenvalue weighted by atomic mass is 10.2. The number of alkyl halides is 3. The molecule has 0 saturated heterocycles. The van der Waals surface area contributed by atoms with Gasteiger partial charge in [-0.25, -0.2) is 0 Å².